The Bertz CT molecular complexity index is 575. The number of piperidine rings is 1. The third kappa shape index (κ3) is 3.73. The van der Waals surface area contributed by atoms with Gasteiger partial charge in [-0.1, -0.05) is 18.2 Å². The highest BCUT2D eigenvalue weighted by Crippen LogP contribution is 2.31. The fraction of sp³-hybridized carbons (Fsp3) is 0.556. The summed E-state index contributed by atoms with van der Waals surface area (Å²) >= 11 is 0. The number of nitrogens with one attached hydrogen (secondary N) is 2. The lowest BCUT2D eigenvalue weighted by Gasteiger charge is -2.36. The summed E-state index contributed by atoms with van der Waals surface area (Å²) in [5.41, 5.74) is -0.0996. The van der Waals surface area contributed by atoms with Crippen molar-refractivity contribution < 1.29 is 9.59 Å². The third-order valence-electron chi connectivity index (χ3n) is 5.03. The number of carbonyl (C=O) groups is 2. The monoisotopic (exact) mass is 351 g/mol. The summed E-state index contributed by atoms with van der Waals surface area (Å²) < 4.78 is 0. The maximum atomic E-state index is 12.8. The van der Waals surface area contributed by atoms with Crippen LogP contribution in [-0.2, 0) is 4.79 Å². The topological polar surface area (TPSA) is 61.4 Å². The van der Waals surface area contributed by atoms with Crippen LogP contribution in [0.3, 0.4) is 0 Å². The van der Waals surface area contributed by atoms with Crippen molar-refractivity contribution in [2.45, 2.75) is 44.2 Å². The molecule has 5 nitrogen and oxygen atoms in total. The maximum absolute atomic E-state index is 12.8. The number of likely N-dealkylation sites (tertiary alicyclic amines) is 1. The number of benzene rings is 1. The van der Waals surface area contributed by atoms with Gasteiger partial charge in [-0.05, 0) is 51.3 Å². The number of nitrogens with zero attached hydrogens (tertiary/aromatic N) is 1. The highest BCUT2D eigenvalue weighted by molar-refractivity contribution is 5.99. The van der Waals surface area contributed by atoms with Crippen LogP contribution in [-0.4, -0.2) is 47.9 Å². The van der Waals surface area contributed by atoms with Crippen LogP contribution in [0.1, 0.15) is 43.0 Å². The van der Waals surface area contributed by atoms with Crippen molar-refractivity contribution in [1.82, 2.24) is 15.5 Å². The average Bonchev–Trinajstić information content (AvgIpc) is 2.99. The summed E-state index contributed by atoms with van der Waals surface area (Å²) in [4.78, 5) is 27.4. The van der Waals surface area contributed by atoms with Crippen LogP contribution in [0, 0.1) is 0 Å². The predicted octanol–water partition coefficient (Wildman–Crippen LogP) is 1.97. The molecule has 2 N–H and O–H groups in total. The van der Waals surface area contributed by atoms with E-state index in [1.165, 1.54) is 0 Å². The molecule has 2 aliphatic rings. The number of hydrogen-bond donors (Lipinski definition) is 2. The van der Waals surface area contributed by atoms with E-state index in [0.29, 0.717) is 12.1 Å². The van der Waals surface area contributed by atoms with Gasteiger partial charge in [0.25, 0.3) is 5.91 Å². The second kappa shape index (κ2) is 7.99. The smallest absolute Gasteiger partial charge is 0.254 e. The Hall–Kier alpha value is -1.59. The van der Waals surface area contributed by atoms with Gasteiger partial charge in [-0.25, -0.2) is 0 Å². The average molecular weight is 352 g/mol. The minimum Gasteiger partial charge on any atom is -0.350 e. The van der Waals surface area contributed by atoms with Crippen molar-refractivity contribution in [3.8, 4) is 0 Å². The first-order valence-electron chi connectivity index (χ1n) is 8.50. The first-order valence-corrected chi connectivity index (χ1v) is 8.50. The molecule has 2 aliphatic heterocycles. The molecule has 0 radical (unpaired) electrons. The normalized spacial score (nSPS) is 26.5. The second-order valence-electron chi connectivity index (χ2n) is 6.72. The van der Waals surface area contributed by atoms with Crippen molar-refractivity contribution >= 4 is 24.2 Å². The molecule has 0 aromatic heterocycles. The van der Waals surface area contributed by atoms with Crippen LogP contribution < -0.4 is 10.6 Å². The van der Waals surface area contributed by atoms with Gasteiger partial charge in [-0.3, -0.25) is 9.59 Å². The third-order valence-corrected chi connectivity index (χ3v) is 5.03. The zero-order valence-electron chi connectivity index (χ0n) is 14.1. The van der Waals surface area contributed by atoms with E-state index in [1.807, 2.05) is 37.3 Å². The summed E-state index contributed by atoms with van der Waals surface area (Å²) in [6.07, 6.45) is 3.67. The number of carbonyl (C=O) groups excluding carboxylic acids is 2. The van der Waals surface area contributed by atoms with Gasteiger partial charge >= 0.3 is 0 Å². The molecule has 6 heteroatoms. The Morgan fingerprint density at radius 2 is 2.00 bits per heavy atom. The van der Waals surface area contributed by atoms with Gasteiger partial charge in [0.05, 0.1) is 0 Å². The highest BCUT2D eigenvalue weighted by Gasteiger charge is 2.46. The van der Waals surface area contributed by atoms with E-state index in [-0.39, 0.29) is 30.3 Å². The summed E-state index contributed by atoms with van der Waals surface area (Å²) in [5.74, 6) is -0.0736. The molecule has 2 fully saturated rings. The zero-order valence-corrected chi connectivity index (χ0v) is 14.9. The number of amides is 2. The first kappa shape index (κ1) is 18.7. The van der Waals surface area contributed by atoms with E-state index in [9.17, 15) is 9.59 Å². The van der Waals surface area contributed by atoms with Crippen LogP contribution in [0.15, 0.2) is 30.3 Å². The second-order valence-corrected chi connectivity index (χ2v) is 6.72. The lowest BCUT2D eigenvalue weighted by atomic mass is 9.95. The Kier molecular flexibility index (Phi) is 6.24. The quantitative estimate of drug-likeness (QED) is 0.875. The first-order chi connectivity index (χ1) is 11.1. The van der Waals surface area contributed by atoms with Crippen LogP contribution in [0.5, 0.6) is 0 Å². The molecule has 24 heavy (non-hydrogen) atoms. The Balaban J connectivity index is 0.00000208. The van der Waals surface area contributed by atoms with Crippen molar-refractivity contribution in [2.75, 3.05) is 19.6 Å². The van der Waals surface area contributed by atoms with Crippen LogP contribution in [0.4, 0.5) is 0 Å². The van der Waals surface area contributed by atoms with Gasteiger partial charge in [0.2, 0.25) is 5.91 Å². The molecule has 0 bridgehead atoms. The molecule has 0 aliphatic carbocycles. The molecule has 2 amide bonds. The van der Waals surface area contributed by atoms with Crippen molar-refractivity contribution in [3.63, 3.8) is 0 Å². The molecule has 132 valence electrons. The number of rotatable bonds is 3. The minimum atomic E-state index is -0.746. The molecular formula is C18H26ClN3O2. The summed E-state index contributed by atoms with van der Waals surface area (Å²) in [6, 6.07) is 9.39. The standard InChI is InChI=1S/C18H25N3O2.ClH/c1-18(17(23)20-15-9-5-11-19-13-15)10-6-12-21(18)16(22)14-7-3-2-4-8-14;/h2-4,7-8,15,19H,5-6,9-13H2,1H3,(H,20,23);1H. The van der Waals surface area contributed by atoms with E-state index in [4.69, 9.17) is 0 Å². The van der Waals surface area contributed by atoms with Gasteiger partial charge in [0.15, 0.2) is 0 Å². The Labute approximate surface area is 149 Å². The van der Waals surface area contributed by atoms with E-state index in [0.717, 1.165) is 38.8 Å². The molecule has 0 spiro atoms. The molecule has 2 atom stereocenters. The van der Waals surface area contributed by atoms with Crippen molar-refractivity contribution in [2.24, 2.45) is 0 Å². The number of halogens is 1. The van der Waals surface area contributed by atoms with Crippen LogP contribution in [0.25, 0.3) is 0 Å². The van der Waals surface area contributed by atoms with Crippen molar-refractivity contribution in [3.05, 3.63) is 35.9 Å². The van der Waals surface area contributed by atoms with Gasteiger partial charge < -0.3 is 15.5 Å². The Morgan fingerprint density at radius 1 is 1.25 bits per heavy atom. The fourth-order valence-electron chi connectivity index (χ4n) is 3.58. The maximum Gasteiger partial charge on any atom is 0.254 e. The number of hydrogen-bond acceptors (Lipinski definition) is 3. The van der Waals surface area contributed by atoms with E-state index in [2.05, 4.69) is 10.6 Å². The van der Waals surface area contributed by atoms with Crippen molar-refractivity contribution in [1.29, 1.82) is 0 Å². The van der Waals surface area contributed by atoms with E-state index >= 15 is 0 Å². The molecule has 1 aromatic carbocycles. The SMILES string of the molecule is CC1(C(=O)NC2CCCNC2)CCCN1C(=O)c1ccccc1.Cl. The molecule has 2 saturated heterocycles. The summed E-state index contributed by atoms with van der Waals surface area (Å²) in [6.45, 7) is 4.36. The summed E-state index contributed by atoms with van der Waals surface area (Å²) in [7, 11) is 0. The summed E-state index contributed by atoms with van der Waals surface area (Å²) in [5, 5.41) is 6.45. The largest absolute Gasteiger partial charge is 0.350 e. The van der Waals surface area contributed by atoms with Gasteiger partial charge in [0.1, 0.15) is 5.54 Å². The molecule has 3 rings (SSSR count). The van der Waals surface area contributed by atoms with Crippen LogP contribution >= 0.6 is 12.4 Å². The fourth-order valence-corrected chi connectivity index (χ4v) is 3.58. The predicted molar refractivity (Wildman–Crippen MR) is 96.4 cm³/mol. The molecule has 2 heterocycles. The lowest BCUT2D eigenvalue weighted by molar-refractivity contribution is -0.130. The molecule has 2 unspecified atom stereocenters. The Morgan fingerprint density at radius 3 is 2.67 bits per heavy atom. The highest BCUT2D eigenvalue weighted by atomic mass is 35.5. The molecule has 1 aromatic rings. The van der Waals surface area contributed by atoms with Gasteiger partial charge in [-0.15, -0.1) is 12.4 Å². The molecular weight excluding hydrogens is 326 g/mol. The lowest BCUT2D eigenvalue weighted by Crippen LogP contribution is -2.59. The zero-order chi connectivity index (χ0) is 16.3. The minimum absolute atomic E-state index is 0. The van der Waals surface area contributed by atoms with Gasteiger partial charge in [0, 0.05) is 24.7 Å². The molecule has 0 saturated carbocycles. The van der Waals surface area contributed by atoms with E-state index in [1.54, 1.807) is 4.90 Å². The van der Waals surface area contributed by atoms with E-state index < -0.39 is 5.54 Å². The van der Waals surface area contributed by atoms with Crippen LogP contribution in [0.2, 0.25) is 0 Å². The van der Waals surface area contributed by atoms with Gasteiger partial charge in [-0.2, -0.15) is 0 Å².